The Morgan fingerprint density at radius 1 is 1.40 bits per heavy atom. The van der Waals surface area contributed by atoms with Gasteiger partial charge in [-0.15, -0.1) is 11.3 Å². The Morgan fingerprint density at radius 3 is 2.75 bits per heavy atom. The summed E-state index contributed by atoms with van der Waals surface area (Å²) in [7, 11) is -2.24. The Bertz CT molecular complexity index is 733. The Balaban J connectivity index is 2.43. The van der Waals surface area contributed by atoms with Crippen molar-refractivity contribution in [3.8, 4) is 6.07 Å². The predicted molar refractivity (Wildman–Crippen MR) is 76.6 cm³/mol. The fraction of sp³-hybridized carbons (Fsp3) is 0.231. The van der Waals surface area contributed by atoms with Crippen LogP contribution in [0.5, 0.6) is 0 Å². The highest BCUT2D eigenvalue weighted by Crippen LogP contribution is 2.29. The molecule has 0 N–H and O–H groups in total. The van der Waals surface area contributed by atoms with E-state index >= 15 is 0 Å². The van der Waals surface area contributed by atoms with Crippen molar-refractivity contribution in [3.05, 3.63) is 46.4 Å². The number of rotatable bonds is 4. The van der Waals surface area contributed by atoms with Crippen molar-refractivity contribution in [1.29, 1.82) is 5.26 Å². The zero-order chi connectivity index (χ0) is 14.8. The molecule has 1 unspecified atom stereocenters. The summed E-state index contributed by atoms with van der Waals surface area (Å²) >= 11 is 1.49. The van der Waals surface area contributed by atoms with E-state index < -0.39 is 10.0 Å². The molecule has 0 bridgehead atoms. The van der Waals surface area contributed by atoms with Crippen LogP contribution in [0.25, 0.3) is 0 Å². The summed E-state index contributed by atoms with van der Waals surface area (Å²) in [5.74, 6) is 0. The number of hydrogen-bond acceptors (Lipinski definition) is 5. The van der Waals surface area contributed by atoms with Gasteiger partial charge in [-0.2, -0.15) is 9.57 Å². The minimum Gasteiger partial charge on any atom is -0.244 e. The minimum absolute atomic E-state index is 0.0617. The van der Waals surface area contributed by atoms with Crippen molar-refractivity contribution < 1.29 is 8.42 Å². The van der Waals surface area contributed by atoms with Gasteiger partial charge >= 0.3 is 0 Å². The molecule has 0 spiro atoms. The van der Waals surface area contributed by atoms with Crippen LogP contribution in [0.15, 0.2) is 40.7 Å². The average molecular weight is 307 g/mol. The van der Waals surface area contributed by atoms with E-state index in [-0.39, 0.29) is 16.6 Å². The molecule has 0 radical (unpaired) electrons. The lowest BCUT2D eigenvalue weighted by atomic mass is 10.3. The summed E-state index contributed by atoms with van der Waals surface area (Å²) in [5.41, 5.74) is -0.0854. The number of nitriles is 1. The standard InChI is InChI=1S/C13H13N3O2S2/c1-10(12-5-4-8-19-12)16(2)20(17,18)13-6-3-7-15-11(13)9-14/h3-8,10H,1-2H3. The van der Waals surface area contributed by atoms with E-state index in [2.05, 4.69) is 4.98 Å². The highest BCUT2D eigenvalue weighted by molar-refractivity contribution is 7.89. The van der Waals surface area contributed by atoms with Gasteiger partial charge in [-0.25, -0.2) is 13.4 Å². The lowest BCUT2D eigenvalue weighted by Gasteiger charge is -2.23. The highest BCUT2D eigenvalue weighted by Gasteiger charge is 2.29. The van der Waals surface area contributed by atoms with E-state index in [9.17, 15) is 8.42 Å². The molecule has 5 nitrogen and oxygen atoms in total. The SMILES string of the molecule is CC(c1cccs1)N(C)S(=O)(=O)c1cccnc1C#N. The van der Waals surface area contributed by atoms with Gasteiger partial charge in [0.05, 0.1) is 6.04 Å². The second-order valence-electron chi connectivity index (χ2n) is 4.17. The molecule has 0 amide bonds. The molecule has 0 fully saturated rings. The zero-order valence-electron chi connectivity index (χ0n) is 11.0. The van der Waals surface area contributed by atoms with Crippen molar-refractivity contribution >= 4 is 21.4 Å². The first-order chi connectivity index (χ1) is 9.48. The van der Waals surface area contributed by atoms with E-state index in [1.807, 2.05) is 30.5 Å². The Labute approximate surface area is 122 Å². The van der Waals surface area contributed by atoms with Crippen LogP contribution in [0.2, 0.25) is 0 Å². The maximum atomic E-state index is 12.6. The van der Waals surface area contributed by atoms with Gasteiger partial charge in [-0.3, -0.25) is 0 Å². The number of sulfonamides is 1. The number of pyridine rings is 1. The van der Waals surface area contributed by atoms with Gasteiger partial charge < -0.3 is 0 Å². The molecule has 20 heavy (non-hydrogen) atoms. The third-order valence-corrected chi connectivity index (χ3v) is 6.04. The highest BCUT2D eigenvalue weighted by atomic mass is 32.2. The Kier molecular flexibility index (Phi) is 4.18. The van der Waals surface area contributed by atoms with Crippen molar-refractivity contribution in [3.63, 3.8) is 0 Å². The van der Waals surface area contributed by atoms with Crippen LogP contribution in [-0.4, -0.2) is 24.8 Å². The first kappa shape index (κ1) is 14.7. The quantitative estimate of drug-likeness (QED) is 0.869. The molecule has 0 aliphatic carbocycles. The molecule has 2 aromatic rings. The molecule has 7 heteroatoms. The number of thiophene rings is 1. The van der Waals surface area contributed by atoms with Gasteiger partial charge in [-0.1, -0.05) is 6.07 Å². The van der Waals surface area contributed by atoms with Crippen molar-refractivity contribution in [1.82, 2.24) is 9.29 Å². The smallest absolute Gasteiger partial charge is 0.244 e. The molecular formula is C13H13N3O2S2. The lowest BCUT2D eigenvalue weighted by molar-refractivity contribution is 0.402. The molecule has 2 heterocycles. The first-order valence-corrected chi connectivity index (χ1v) is 8.17. The van der Waals surface area contributed by atoms with Gasteiger partial charge in [0.25, 0.3) is 0 Å². The number of hydrogen-bond donors (Lipinski definition) is 0. The van der Waals surface area contributed by atoms with Crippen LogP contribution in [0.4, 0.5) is 0 Å². The van der Waals surface area contributed by atoms with Crippen LogP contribution in [-0.2, 0) is 10.0 Å². The number of aromatic nitrogens is 1. The van der Waals surface area contributed by atoms with Crippen LogP contribution in [0, 0.1) is 11.3 Å². The molecule has 0 aliphatic rings. The van der Waals surface area contributed by atoms with Gasteiger partial charge in [0, 0.05) is 18.1 Å². The van der Waals surface area contributed by atoms with Crippen molar-refractivity contribution in [2.45, 2.75) is 17.9 Å². The van der Waals surface area contributed by atoms with Crippen molar-refractivity contribution in [2.75, 3.05) is 7.05 Å². The molecule has 1 atom stereocenters. The average Bonchev–Trinajstić information content (AvgIpc) is 2.99. The summed E-state index contributed by atoms with van der Waals surface area (Å²) in [6, 6.07) is 8.19. The Hall–Kier alpha value is -1.75. The third kappa shape index (κ3) is 2.58. The van der Waals surface area contributed by atoms with E-state index in [1.165, 1.54) is 41.0 Å². The fourth-order valence-corrected chi connectivity index (χ4v) is 4.08. The predicted octanol–water partition coefficient (Wildman–Crippen LogP) is 2.40. The summed E-state index contributed by atoms with van der Waals surface area (Å²) < 4.78 is 26.4. The van der Waals surface area contributed by atoms with E-state index in [1.54, 1.807) is 0 Å². The normalized spacial score (nSPS) is 13.1. The largest absolute Gasteiger partial charge is 0.246 e. The van der Waals surface area contributed by atoms with Crippen molar-refractivity contribution in [2.24, 2.45) is 0 Å². The topological polar surface area (TPSA) is 74.1 Å². The summed E-state index contributed by atoms with van der Waals surface area (Å²) in [6.45, 7) is 1.81. The van der Waals surface area contributed by atoms with Gasteiger partial charge in [0.2, 0.25) is 10.0 Å². The molecule has 2 aromatic heterocycles. The summed E-state index contributed by atoms with van der Waals surface area (Å²) in [6.07, 6.45) is 1.40. The monoisotopic (exact) mass is 307 g/mol. The minimum atomic E-state index is -3.75. The maximum absolute atomic E-state index is 12.6. The van der Waals surface area contributed by atoms with Gasteiger partial charge in [0.1, 0.15) is 11.0 Å². The molecule has 2 rings (SSSR count). The van der Waals surface area contributed by atoms with E-state index in [4.69, 9.17) is 5.26 Å². The van der Waals surface area contributed by atoms with Crippen LogP contribution < -0.4 is 0 Å². The second kappa shape index (κ2) is 5.71. The van der Waals surface area contributed by atoms with Gasteiger partial charge in [0.15, 0.2) is 5.69 Å². The van der Waals surface area contributed by atoms with Crippen LogP contribution in [0.3, 0.4) is 0 Å². The molecule has 0 aliphatic heterocycles. The summed E-state index contributed by atoms with van der Waals surface area (Å²) in [5, 5.41) is 10.9. The Morgan fingerprint density at radius 2 is 2.15 bits per heavy atom. The molecule has 104 valence electrons. The third-order valence-electron chi connectivity index (χ3n) is 3.03. The maximum Gasteiger partial charge on any atom is 0.246 e. The van der Waals surface area contributed by atoms with E-state index in [0.717, 1.165) is 4.88 Å². The first-order valence-electron chi connectivity index (χ1n) is 5.85. The number of nitrogens with zero attached hydrogens (tertiary/aromatic N) is 3. The fourth-order valence-electron chi connectivity index (χ4n) is 1.75. The molecule has 0 aromatic carbocycles. The van der Waals surface area contributed by atoms with Gasteiger partial charge in [-0.05, 0) is 30.5 Å². The summed E-state index contributed by atoms with van der Waals surface area (Å²) in [4.78, 5) is 4.68. The van der Waals surface area contributed by atoms with Crippen LogP contribution >= 0.6 is 11.3 Å². The molecular weight excluding hydrogens is 294 g/mol. The molecule has 0 saturated carbocycles. The zero-order valence-corrected chi connectivity index (χ0v) is 12.6. The lowest BCUT2D eigenvalue weighted by Crippen LogP contribution is -2.30. The van der Waals surface area contributed by atoms with Crippen LogP contribution in [0.1, 0.15) is 23.5 Å². The molecule has 0 saturated heterocycles. The van der Waals surface area contributed by atoms with E-state index in [0.29, 0.717) is 0 Å². The second-order valence-corrected chi connectivity index (χ2v) is 7.12.